The van der Waals surface area contributed by atoms with Crippen LogP contribution in [0.25, 0.3) is 0 Å². The fourth-order valence-corrected chi connectivity index (χ4v) is 3.38. The first-order valence-electron chi connectivity index (χ1n) is 7.35. The van der Waals surface area contributed by atoms with Gasteiger partial charge in [-0.05, 0) is 31.9 Å². The van der Waals surface area contributed by atoms with Crippen molar-refractivity contribution in [3.63, 3.8) is 0 Å². The zero-order valence-corrected chi connectivity index (χ0v) is 13.0. The second-order valence-electron chi connectivity index (χ2n) is 5.42. The highest BCUT2D eigenvalue weighted by Crippen LogP contribution is 2.24. The van der Waals surface area contributed by atoms with Gasteiger partial charge >= 0.3 is 0 Å². The molecule has 1 aromatic heterocycles. The summed E-state index contributed by atoms with van der Waals surface area (Å²) in [5, 5.41) is 7.40. The molecule has 3 rings (SSSR count). The summed E-state index contributed by atoms with van der Waals surface area (Å²) in [6.07, 6.45) is 2.19. The molecule has 21 heavy (non-hydrogen) atoms. The van der Waals surface area contributed by atoms with E-state index in [-0.39, 0.29) is 6.04 Å². The molecule has 0 amide bonds. The number of aromatic nitrogens is 3. The van der Waals surface area contributed by atoms with Gasteiger partial charge in [0.25, 0.3) is 0 Å². The van der Waals surface area contributed by atoms with Crippen LogP contribution in [0.4, 0.5) is 5.95 Å². The van der Waals surface area contributed by atoms with Gasteiger partial charge in [0.05, 0.1) is 5.75 Å². The largest absolute Gasteiger partial charge is 0.335 e. The second kappa shape index (κ2) is 6.49. The van der Waals surface area contributed by atoms with Crippen molar-refractivity contribution < 1.29 is 0 Å². The highest BCUT2D eigenvalue weighted by atomic mass is 32.2. The molecule has 0 saturated carbocycles. The number of aromatic amines is 1. The van der Waals surface area contributed by atoms with Gasteiger partial charge in [0, 0.05) is 23.5 Å². The number of nitrogens with one attached hydrogen (secondary N) is 1. The summed E-state index contributed by atoms with van der Waals surface area (Å²) in [5.74, 6) is 2.48. The minimum Gasteiger partial charge on any atom is -0.335 e. The van der Waals surface area contributed by atoms with Crippen LogP contribution in [-0.4, -0.2) is 33.8 Å². The van der Waals surface area contributed by atoms with E-state index in [0.29, 0.717) is 6.04 Å². The minimum absolute atomic E-state index is 0.208. The van der Waals surface area contributed by atoms with Gasteiger partial charge in [-0.3, -0.25) is 5.10 Å². The molecule has 1 aliphatic heterocycles. The molecule has 1 aliphatic rings. The highest BCUT2D eigenvalue weighted by molar-refractivity contribution is 7.98. The summed E-state index contributed by atoms with van der Waals surface area (Å²) >= 11 is 1.76. The SMILES string of the molecule is CC1C(N)CCCN1c1n[nH]c(CSc2ccccc2)n1. The maximum absolute atomic E-state index is 6.14. The molecule has 2 aromatic rings. The fraction of sp³-hybridized carbons (Fsp3) is 0.467. The normalized spacial score (nSPS) is 22.5. The number of rotatable bonds is 4. The Balaban J connectivity index is 1.63. The lowest BCUT2D eigenvalue weighted by Crippen LogP contribution is -2.50. The number of nitrogens with two attached hydrogens (primary N) is 1. The van der Waals surface area contributed by atoms with E-state index in [2.05, 4.69) is 39.1 Å². The predicted octanol–water partition coefficient (Wildman–Crippen LogP) is 2.41. The van der Waals surface area contributed by atoms with E-state index >= 15 is 0 Å². The first-order chi connectivity index (χ1) is 10.2. The molecule has 0 spiro atoms. The van der Waals surface area contributed by atoms with Gasteiger partial charge in [-0.1, -0.05) is 18.2 Å². The summed E-state index contributed by atoms with van der Waals surface area (Å²) in [6.45, 7) is 3.14. The molecule has 1 fully saturated rings. The average molecular weight is 303 g/mol. The molecule has 5 nitrogen and oxygen atoms in total. The Kier molecular flexibility index (Phi) is 4.45. The molecule has 2 heterocycles. The highest BCUT2D eigenvalue weighted by Gasteiger charge is 2.27. The average Bonchev–Trinajstić information content (AvgIpc) is 2.98. The van der Waals surface area contributed by atoms with Crippen LogP contribution in [0.3, 0.4) is 0 Å². The van der Waals surface area contributed by atoms with Crippen LogP contribution in [0.2, 0.25) is 0 Å². The van der Waals surface area contributed by atoms with Crippen LogP contribution in [0.5, 0.6) is 0 Å². The van der Waals surface area contributed by atoms with E-state index in [0.717, 1.165) is 36.9 Å². The molecule has 0 radical (unpaired) electrons. The van der Waals surface area contributed by atoms with Crippen LogP contribution in [0, 0.1) is 0 Å². The Morgan fingerprint density at radius 2 is 2.19 bits per heavy atom. The fourth-order valence-electron chi connectivity index (χ4n) is 2.60. The van der Waals surface area contributed by atoms with Crippen molar-refractivity contribution in [3.8, 4) is 0 Å². The molecule has 2 atom stereocenters. The predicted molar refractivity (Wildman–Crippen MR) is 86.4 cm³/mol. The Hall–Kier alpha value is -1.53. The molecule has 0 aliphatic carbocycles. The first-order valence-corrected chi connectivity index (χ1v) is 8.34. The van der Waals surface area contributed by atoms with Gasteiger partial charge in [-0.25, -0.2) is 0 Å². The van der Waals surface area contributed by atoms with Crippen LogP contribution in [0.15, 0.2) is 35.2 Å². The van der Waals surface area contributed by atoms with Crippen molar-refractivity contribution in [2.24, 2.45) is 5.73 Å². The molecule has 6 heteroatoms. The maximum Gasteiger partial charge on any atom is 0.245 e. The van der Waals surface area contributed by atoms with Gasteiger partial charge in [-0.2, -0.15) is 4.98 Å². The van der Waals surface area contributed by atoms with Crippen molar-refractivity contribution in [2.45, 2.75) is 42.5 Å². The van der Waals surface area contributed by atoms with E-state index in [1.807, 2.05) is 18.2 Å². The van der Waals surface area contributed by atoms with Gasteiger partial charge in [0.1, 0.15) is 5.82 Å². The Labute approximate surface area is 129 Å². The van der Waals surface area contributed by atoms with E-state index in [4.69, 9.17) is 5.73 Å². The number of hydrogen-bond donors (Lipinski definition) is 2. The zero-order valence-electron chi connectivity index (χ0n) is 12.2. The smallest absolute Gasteiger partial charge is 0.245 e. The molecular weight excluding hydrogens is 282 g/mol. The van der Waals surface area contributed by atoms with Crippen LogP contribution in [0.1, 0.15) is 25.6 Å². The van der Waals surface area contributed by atoms with Crippen molar-refractivity contribution in [1.29, 1.82) is 0 Å². The summed E-state index contributed by atoms with van der Waals surface area (Å²) in [4.78, 5) is 8.07. The minimum atomic E-state index is 0.208. The van der Waals surface area contributed by atoms with Crippen LogP contribution in [-0.2, 0) is 5.75 Å². The molecular formula is C15H21N5S. The van der Waals surface area contributed by atoms with Crippen molar-refractivity contribution in [1.82, 2.24) is 15.2 Å². The quantitative estimate of drug-likeness (QED) is 0.849. The number of nitrogens with zero attached hydrogens (tertiary/aromatic N) is 3. The Bertz CT molecular complexity index is 570. The van der Waals surface area contributed by atoms with Gasteiger partial charge in [0.2, 0.25) is 5.95 Å². The van der Waals surface area contributed by atoms with Crippen LogP contribution >= 0.6 is 11.8 Å². The van der Waals surface area contributed by atoms with Crippen molar-refractivity contribution in [3.05, 3.63) is 36.2 Å². The third-order valence-electron chi connectivity index (χ3n) is 3.94. The molecule has 0 bridgehead atoms. The van der Waals surface area contributed by atoms with Gasteiger partial charge in [-0.15, -0.1) is 16.9 Å². The van der Waals surface area contributed by atoms with E-state index in [1.165, 1.54) is 4.90 Å². The van der Waals surface area contributed by atoms with Crippen LogP contribution < -0.4 is 10.6 Å². The Morgan fingerprint density at radius 1 is 1.38 bits per heavy atom. The lowest BCUT2D eigenvalue weighted by Gasteiger charge is -2.36. The third-order valence-corrected chi connectivity index (χ3v) is 4.97. The Morgan fingerprint density at radius 3 is 3.00 bits per heavy atom. The summed E-state index contributed by atoms with van der Waals surface area (Å²) in [7, 11) is 0. The van der Waals surface area contributed by atoms with E-state index in [1.54, 1.807) is 11.8 Å². The van der Waals surface area contributed by atoms with E-state index in [9.17, 15) is 0 Å². The monoisotopic (exact) mass is 303 g/mol. The van der Waals surface area contributed by atoms with Gasteiger partial charge < -0.3 is 10.6 Å². The number of anilines is 1. The first kappa shape index (κ1) is 14.4. The molecule has 2 unspecified atom stereocenters. The molecule has 1 saturated heterocycles. The van der Waals surface area contributed by atoms with Crippen molar-refractivity contribution in [2.75, 3.05) is 11.4 Å². The summed E-state index contributed by atoms with van der Waals surface area (Å²) in [5.41, 5.74) is 6.14. The number of piperidine rings is 1. The summed E-state index contributed by atoms with van der Waals surface area (Å²) in [6, 6.07) is 10.8. The maximum atomic E-state index is 6.14. The topological polar surface area (TPSA) is 70.8 Å². The lowest BCUT2D eigenvalue weighted by molar-refractivity contribution is 0.416. The molecule has 1 aromatic carbocycles. The third kappa shape index (κ3) is 3.39. The standard InChI is InChI=1S/C15H21N5S/c1-11-13(16)8-5-9-20(11)15-17-14(18-19-15)10-21-12-6-3-2-4-7-12/h2-4,6-7,11,13H,5,8-10,16H2,1H3,(H,17,18,19). The van der Waals surface area contributed by atoms with E-state index < -0.39 is 0 Å². The molecule has 3 N–H and O–H groups in total. The molecule has 112 valence electrons. The van der Waals surface area contributed by atoms with Crippen molar-refractivity contribution >= 4 is 17.7 Å². The lowest BCUT2D eigenvalue weighted by atomic mass is 9.99. The number of thioether (sulfide) groups is 1. The second-order valence-corrected chi connectivity index (χ2v) is 6.47. The number of hydrogen-bond acceptors (Lipinski definition) is 5. The number of benzene rings is 1. The summed E-state index contributed by atoms with van der Waals surface area (Å²) < 4.78 is 0. The number of H-pyrrole nitrogens is 1. The van der Waals surface area contributed by atoms with Gasteiger partial charge in [0.15, 0.2) is 0 Å². The zero-order chi connectivity index (χ0) is 14.7.